The molecule has 26 heavy (non-hydrogen) atoms. The summed E-state index contributed by atoms with van der Waals surface area (Å²) in [7, 11) is -3.59. The summed E-state index contributed by atoms with van der Waals surface area (Å²) in [6, 6.07) is 11.5. The lowest BCUT2D eigenvalue weighted by Gasteiger charge is -2.34. The minimum Gasteiger partial charge on any atom is -0.354 e. The number of nitriles is 1. The number of rotatable bonds is 4. The van der Waals surface area contributed by atoms with Crippen molar-refractivity contribution < 1.29 is 13.2 Å². The van der Waals surface area contributed by atoms with Crippen LogP contribution in [-0.4, -0.2) is 49.7 Å². The third-order valence-electron chi connectivity index (χ3n) is 4.34. The maximum atomic E-state index is 12.8. The molecule has 0 unspecified atom stereocenters. The van der Waals surface area contributed by atoms with Crippen molar-refractivity contribution >= 4 is 21.6 Å². The predicted molar refractivity (Wildman–Crippen MR) is 96.4 cm³/mol. The smallest absolute Gasteiger partial charge is 0.243 e. The van der Waals surface area contributed by atoms with Gasteiger partial charge in [-0.1, -0.05) is 12.1 Å². The van der Waals surface area contributed by atoms with Gasteiger partial charge in [-0.25, -0.2) is 13.4 Å². The van der Waals surface area contributed by atoms with E-state index in [0.717, 1.165) is 5.82 Å². The zero-order chi connectivity index (χ0) is 18.7. The molecule has 0 aliphatic carbocycles. The molecule has 0 amide bonds. The number of benzene rings is 1. The Morgan fingerprint density at radius 3 is 2.23 bits per heavy atom. The van der Waals surface area contributed by atoms with Gasteiger partial charge in [-0.3, -0.25) is 4.79 Å². The minimum atomic E-state index is -3.59. The molecule has 7 nitrogen and oxygen atoms in total. The number of hydrogen-bond acceptors (Lipinski definition) is 6. The van der Waals surface area contributed by atoms with Crippen molar-refractivity contribution in [3.63, 3.8) is 0 Å². The van der Waals surface area contributed by atoms with Crippen LogP contribution in [0, 0.1) is 11.3 Å². The second kappa shape index (κ2) is 7.23. The number of hydrogen-bond donors (Lipinski definition) is 0. The van der Waals surface area contributed by atoms with Gasteiger partial charge in [0.2, 0.25) is 10.0 Å². The summed E-state index contributed by atoms with van der Waals surface area (Å²) in [5, 5.41) is 8.82. The average Bonchev–Trinajstić information content (AvgIpc) is 2.68. The van der Waals surface area contributed by atoms with E-state index in [4.69, 9.17) is 5.26 Å². The van der Waals surface area contributed by atoms with E-state index in [-0.39, 0.29) is 10.7 Å². The zero-order valence-corrected chi connectivity index (χ0v) is 15.1. The molecule has 0 N–H and O–H groups in total. The van der Waals surface area contributed by atoms with E-state index in [1.54, 1.807) is 12.1 Å². The quantitative estimate of drug-likeness (QED) is 0.760. The molecular formula is C18H18N4O3S. The Balaban J connectivity index is 1.70. The topological polar surface area (TPSA) is 94.4 Å². The summed E-state index contributed by atoms with van der Waals surface area (Å²) >= 11 is 0. The molecule has 1 aliphatic rings. The Hall–Kier alpha value is -2.76. The van der Waals surface area contributed by atoms with Gasteiger partial charge in [0.1, 0.15) is 11.9 Å². The maximum Gasteiger partial charge on any atom is 0.243 e. The van der Waals surface area contributed by atoms with Crippen molar-refractivity contribution in [2.45, 2.75) is 11.8 Å². The number of pyridine rings is 1. The summed E-state index contributed by atoms with van der Waals surface area (Å²) in [5.41, 5.74) is 0.977. The van der Waals surface area contributed by atoms with Crippen LogP contribution < -0.4 is 4.90 Å². The van der Waals surface area contributed by atoms with Crippen LogP contribution in [0.3, 0.4) is 0 Å². The van der Waals surface area contributed by atoms with Gasteiger partial charge in [-0.15, -0.1) is 0 Å². The molecule has 0 spiro atoms. The van der Waals surface area contributed by atoms with Gasteiger partial charge >= 0.3 is 0 Å². The highest BCUT2D eigenvalue weighted by molar-refractivity contribution is 7.89. The number of aromatic nitrogens is 1. The lowest BCUT2D eigenvalue weighted by atomic mass is 10.2. The van der Waals surface area contributed by atoms with Crippen molar-refractivity contribution in [3.05, 3.63) is 53.7 Å². The first-order valence-corrected chi connectivity index (χ1v) is 9.58. The number of Topliss-reactive ketones (excluding diaryl/α,β-unsaturated/α-hetero) is 1. The molecule has 0 saturated carbocycles. The molecule has 0 bridgehead atoms. The number of ketones is 1. The van der Waals surface area contributed by atoms with Gasteiger partial charge in [0, 0.05) is 37.9 Å². The van der Waals surface area contributed by atoms with Gasteiger partial charge in [0.05, 0.1) is 10.5 Å². The number of carbonyl (C=O) groups excluding carboxylic acids is 1. The largest absolute Gasteiger partial charge is 0.354 e. The van der Waals surface area contributed by atoms with Gasteiger partial charge in [-0.05, 0) is 31.2 Å². The van der Waals surface area contributed by atoms with E-state index in [1.807, 2.05) is 11.0 Å². The normalized spacial score (nSPS) is 15.5. The average molecular weight is 370 g/mol. The van der Waals surface area contributed by atoms with Gasteiger partial charge < -0.3 is 4.90 Å². The Bertz CT molecular complexity index is 939. The first-order valence-electron chi connectivity index (χ1n) is 8.14. The fourth-order valence-electron chi connectivity index (χ4n) is 2.81. The molecule has 2 heterocycles. The predicted octanol–water partition coefficient (Wildman–Crippen LogP) is 1.67. The van der Waals surface area contributed by atoms with E-state index < -0.39 is 10.0 Å². The summed E-state index contributed by atoms with van der Waals surface area (Å²) < 4.78 is 27.0. The lowest BCUT2D eigenvalue weighted by Crippen LogP contribution is -2.48. The summed E-state index contributed by atoms with van der Waals surface area (Å²) in [6.07, 6.45) is 1.51. The highest BCUT2D eigenvalue weighted by atomic mass is 32.2. The molecule has 0 radical (unpaired) electrons. The fraction of sp³-hybridized carbons (Fsp3) is 0.278. The molecule has 0 atom stereocenters. The van der Waals surface area contributed by atoms with E-state index in [9.17, 15) is 13.2 Å². The summed E-state index contributed by atoms with van der Waals surface area (Å²) in [4.78, 5) is 17.8. The van der Waals surface area contributed by atoms with Gasteiger partial charge in [0.25, 0.3) is 0 Å². The SMILES string of the molecule is CC(=O)c1ccc(S(=O)(=O)N2CCN(c3ccc(C#N)cn3)CC2)cc1. The van der Waals surface area contributed by atoms with Crippen molar-refractivity contribution in [3.8, 4) is 6.07 Å². The first-order chi connectivity index (χ1) is 12.4. The van der Waals surface area contributed by atoms with Crippen molar-refractivity contribution in [1.29, 1.82) is 5.26 Å². The van der Waals surface area contributed by atoms with Crippen LogP contribution in [0.25, 0.3) is 0 Å². The lowest BCUT2D eigenvalue weighted by molar-refractivity contribution is 0.101. The van der Waals surface area contributed by atoms with Crippen molar-refractivity contribution in [1.82, 2.24) is 9.29 Å². The van der Waals surface area contributed by atoms with E-state index in [1.165, 1.54) is 41.7 Å². The molecule has 1 aromatic carbocycles. The monoisotopic (exact) mass is 370 g/mol. The summed E-state index contributed by atoms with van der Waals surface area (Å²) in [6.45, 7) is 3.17. The van der Waals surface area contributed by atoms with Crippen LogP contribution in [0.15, 0.2) is 47.5 Å². The third-order valence-corrected chi connectivity index (χ3v) is 6.25. The Morgan fingerprint density at radius 1 is 1.08 bits per heavy atom. The van der Waals surface area contributed by atoms with E-state index >= 15 is 0 Å². The van der Waals surface area contributed by atoms with Crippen LogP contribution in [0.4, 0.5) is 5.82 Å². The number of anilines is 1. The van der Waals surface area contributed by atoms with Crippen LogP contribution in [-0.2, 0) is 10.0 Å². The molecule has 8 heteroatoms. The summed E-state index contributed by atoms with van der Waals surface area (Å²) in [5.74, 6) is 0.629. The van der Waals surface area contributed by atoms with Crippen LogP contribution >= 0.6 is 0 Å². The first kappa shape index (κ1) is 18.0. The fourth-order valence-corrected chi connectivity index (χ4v) is 4.23. The molecule has 2 aromatic rings. The standard InChI is InChI=1S/C18H18N4O3S/c1-14(23)16-3-5-17(6-4-16)26(24,25)22-10-8-21(9-11-22)18-7-2-15(12-19)13-20-18/h2-7,13H,8-11H2,1H3. The van der Waals surface area contributed by atoms with E-state index in [0.29, 0.717) is 37.3 Å². The van der Waals surface area contributed by atoms with Crippen molar-refractivity contribution in [2.24, 2.45) is 0 Å². The number of piperazine rings is 1. The molecule has 1 saturated heterocycles. The molecule has 1 aromatic heterocycles. The molecule has 1 aliphatic heterocycles. The zero-order valence-electron chi connectivity index (χ0n) is 14.3. The highest BCUT2D eigenvalue weighted by Crippen LogP contribution is 2.20. The minimum absolute atomic E-state index is 0.0996. The van der Waals surface area contributed by atoms with Crippen molar-refractivity contribution in [2.75, 3.05) is 31.1 Å². The number of sulfonamides is 1. The Labute approximate surface area is 152 Å². The molecular weight excluding hydrogens is 352 g/mol. The van der Waals surface area contributed by atoms with Gasteiger partial charge in [0.15, 0.2) is 5.78 Å². The Morgan fingerprint density at radius 2 is 1.73 bits per heavy atom. The molecule has 3 rings (SSSR count). The van der Waals surface area contributed by atoms with Crippen LogP contribution in [0.1, 0.15) is 22.8 Å². The highest BCUT2D eigenvalue weighted by Gasteiger charge is 2.28. The Kier molecular flexibility index (Phi) is 5.02. The third kappa shape index (κ3) is 3.59. The maximum absolute atomic E-state index is 12.8. The second-order valence-corrected chi connectivity index (χ2v) is 7.93. The van der Waals surface area contributed by atoms with E-state index in [2.05, 4.69) is 4.98 Å². The second-order valence-electron chi connectivity index (χ2n) is 5.99. The van der Waals surface area contributed by atoms with Crippen LogP contribution in [0.2, 0.25) is 0 Å². The number of carbonyl (C=O) groups is 1. The number of nitrogens with zero attached hydrogens (tertiary/aromatic N) is 4. The van der Waals surface area contributed by atoms with Gasteiger partial charge in [-0.2, -0.15) is 9.57 Å². The molecule has 134 valence electrons. The van der Waals surface area contributed by atoms with Crippen LogP contribution in [0.5, 0.6) is 0 Å². The molecule has 1 fully saturated rings.